The van der Waals surface area contributed by atoms with E-state index in [1.165, 1.54) is 0 Å². The second kappa shape index (κ2) is 4.66. The molecule has 7 heteroatoms. The number of benzene rings is 1. The van der Waals surface area contributed by atoms with Crippen LogP contribution >= 0.6 is 0 Å². The van der Waals surface area contributed by atoms with Gasteiger partial charge in [0, 0.05) is 5.39 Å². The number of aromatic nitrogens is 2. The minimum atomic E-state index is -1.16. The number of aromatic amines is 1. The maximum atomic E-state index is 11.7. The summed E-state index contributed by atoms with van der Waals surface area (Å²) in [7, 11) is 0. The summed E-state index contributed by atoms with van der Waals surface area (Å²) in [5.74, 6) is -1.80. The van der Waals surface area contributed by atoms with Gasteiger partial charge in [-0.3, -0.25) is 14.4 Å². The molecule has 92 valence electrons. The number of nitrogens with one attached hydrogen (secondary N) is 2. The smallest absolute Gasteiger partial charge is 0.322 e. The molecule has 0 atom stereocenters. The van der Waals surface area contributed by atoms with E-state index in [0.29, 0.717) is 10.8 Å². The van der Waals surface area contributed by atoms with E-state index in [1.807, 2.05) is 0 Å². The fourth-order valence-electron chi connectivity index (χ4n) is 1.53. The van der Waals surface area contributed by atoms with Crippen molar-refractivity contribution in [3.8, 4) is 0 Å². The third kappa shape index (κ3) is 2.19. The Labute approximate surface area is 100 Å². The van der Waals surface area contributed by atoms with Crippen molar-refractivity contribution in [2.45, 2.75) is 0 Å². The van der Waals surface area contributed by atoms with E-state index in [1.54, 1.807) is 24.3 Å². The summed E-state index contributed by atoms with van der Waals surface area (Å²) in [5, 5.41) is 17.2. The lowest BCUT2D eigenvalue weighted by molar-refractivity contribution is -0.135. The zero-order valence-electron chi connectivity index (χ0n) is 9.14. The number of rotatable bonds is 3. The van der Waals surface area contributed by atoms with Crippen molar-refractivity contribution in [2.75, 3.05) is 6.54 Å². The van der Waals surface area contributed by atoms with Gasteiger partial charge < -0.3 is 10.4 Å². The summed E-state index contributed by atoms with van der Waals surface area (Å²) < 4.78 is 0. The number of carbonyl (C=O) groups excluding carboxylic acids is 1. The van der Waals surface area contributed by atoms with E-state index in [9.17, 15) is 14.4 Å². The first kappa shape index (κ1) is 11.8. The SMILES string of the molecule is O=C(O)CNC(=O)c1n[nH]c(=O)c2ccccc12. The standard InChI is InChI=1S/C11H9N3O4/c15-8(16)5-12-11(18)9-6-3-1-2-4-7(6)10(17)14-13-9/h1-4H,5H2,(H,12,18)(H,14,17)(H,15,16). The molecule has 0 aliphatic heterocycles. The van der Waals surface area contributed by atoms with Crippen LogP contribution in [0.1, 0.15) is 10.5 Å². The van der Waals surface area contributed by atoms with Crippen LogP contribution in [0.25, 0.3) is 10.8 Å². The molecule has 2 rings (SSSR count). The number of fused-ring (bicyclic) bond motifs is 1. The molecule has 0 saturated carbocycles. The minimum Gasteiger partial charge on any atom is -0.480 e. The number of H-pyrrole nitrogens is 1. The van der Waals surface area contributed by atoms with E-state index in [2.05, 4.69) is 15.5 Å². The van der Waals surface area contributed by atoms with Crippen molar-refractivity contribution in [2.24, 2.45) is 0 Å². The molecular weight excluding hydrogens is 238 g/mol. The van der Waals surface area contributed by atoms with Gasteiger partial charge in [-0.2, -0.15) is 5.10 Å². The third-order valence-electron chi connectivity index (χ3n) is 2.31. The van der Waals surface area contributed by atoms with Crippen LogP contribution in [0.2, 0.25) is 0 Å². The molecule has 1 aromatic heterocycles. The summed E-state index contributed by atoms with van der Waals surface area (Å²) >= 11 is 0. The fourth-order valence-corrected chi connectivity index (χ4v) is 1.53. The van der Waals surface area contributed by atoms with Gasteiger partial charge in [0.25, 0.3) is 11.5 Å². The van der Waals surface area contributed by atoms with Gasteiger partial charge in [0.05, 0.1) is 5.39 Å². The van der Waals surface area contributed by atoms with Crippen molar-refractivity contribution in [1.82, 2.24) is 15.5 Å². The summed E-state index contributed by atoms with van der Waals surface area (Å²) in [4.78, 5) is 33.6. The first-order valence-corrected chi connectivity index (χ1v) is 5.07. The van der Waals surface area contributed by atoms with Crippen molar-refractivity contribution in [1.29, 1.82) is 0 Å². The highest BCUT2D eigenvalue weighted by Gasteiger charge is 2.14. The molecule has 0 bridgehead atoms. The van der Waals surface area contributed by atoms with E-state index in [-0.39, 0.29) is 5.69 Å². The molecule has 0 aliphatic carbocycles. The summed E-state index contributed by atoms with van der Waals surface area (Å²) in [6.45, 7) is -0.506. The van der Waals surface area contributed by atoms with Crippen LogP contribution in [0.5, 0.6) is 0 Å². The second-order valence-electron chi connectivity index (χ2n) is 3.52. The molecule has 18 heavy (non-hydrogen) atoms. The van der Waals surface area contributed by atoms with E-state index in [0.717, 1.165) is 0 Å². The fraction of sp³-hybridized carbons (Fsp3) is 0.0909. The Morgan fingerprint density at radius 2 is 1.94 bits per heavy atom. The van der Waals surface area contributed by atoms with E-state index >= 15 is 0 Å². The van der Waals surface area contributed by atoms with Crippen LogP contribution in [-0.2, 0) is 4.79 Å². The van der Waals surface area contributed by atoms with Crippen molar-refractivity contribution < 1.29 is 14.7 Å². The van der Waals surface area contributed by atoms with Gasteiger partial charge in [0.2, 0.25) is 0 Å². The first-order valence-electron chi connectivity index (χ1n) is 5.07. The topological polar surface area (TPSA) is 112 Å². The molecular formula is C11H9N3O4. The zero-order valence-corrected chi connectivity index (χ0v) is 9.14. The van der Waals surface area contributed by atoms with Gasteiger partial charge in [-0.15, -0.1) is 0 Å². The Morgan fingerprint density at radius 3 is 2.61 bits per heavy atom. The highest BCUT2D eigenvalue weighted by atomic mass is 16.4. The maximum Gasteiger partial charge on any atom is 0.322 e. The van der Waals surface area contributed by atoms with Crippen LogP contribution in [0.4, 0.5) is 0 Å². The Bertz CT molecular complexity index is 677. The molecule has 1 amide bonds. The first-order chi connectivity index (χ1) is 8.59. The molecule has 2 aromatic rings. The molecule has 1 aromatic carbocycles. The molecule has 0 radical (unpaired) electrons. The van der Waals surface area contributed by atoms with Crippen LogP contribution in [-0.4, -0.2) is 33.7 Å². The lowest BCUT2D eigenvalue weighted by atomic mass is 10.1. The molecule has 0 unspecified atom stereocenters. The molecule has 1 heterocycles. The number of aliphatic carboxylic acids is 1. The monoisotopic (exact) mass is 247 g/mol. The summed E-state index contributed by atoms with van der Waals surface area (Å²) in [5.41, 5.74) is -0.410. The average molecular weight is 247 g/mol. The van der Waals surface area contributed by atoms with Crippen molar-refractivity contribution in [3.05, 3.63) is 40.3 Å². The van der Waals surface area contributed by atoms with E-state index in [4.69, 9.17) is 5.11 Å². The van der Waals surface area contributed by atoms with Gasteiger partial charge in [0.1, 0.15) is 6.54 Å². The predicted octanol–water partition coefficient (Wildman–Crippen LogP) is -0.262. The van der Waals surface area contributed by atoms with Gasteiger partial charge in [-0.1, -0.05) is 18.2 Å². The number of hydrogen-bond acceptors (Lipinski definition) is 4. The Morgan fingerprint density at radius 1 is 1.28 bits per heavy atom. The largest absolute Gasteiger partial charge is 0.480 e. The van der Waals surface area contributed by atoms with Crippen LogP contribution in [0, 0.1) is 0 Å². The Hall–Kier alpha value is -2.70. The molecule has 0 saturated heterocycles. The third-order valence-corrected chi connectivity index (χ3v) is 2.31. The molecule has 0 aliphatic rings. The summed E-state index contributed by atoms with van der Waals surface area (Å²) in [6.07, 6.45) is 0. The Kier molecular flexibility index (Phi) is 3.05. The highest BCUT2D eigenvalue weighted by Crippen LogP contribution is 2.11. The Balaban J connectivity index is 2.45. The maximum absolute atomic E-state index is 11.7. The lowest BCUT2D eigenvalue weighted by Gasteiger charge is -2.04. The van der Waals surface area contributed by atoms with Gasteiger partial charge in [0.15, 0.2) is 5.69 Å². The van der Waals surface area contributed by atoms with Gasteiger partial charge in [-0.25, -0.2) is 5.10 Å². The molecule has 7 nitrogen and oxygen atoms in total. The molecule has 0 fully saturated rings. The van der Waals surface area contributed by atoms with Crippen LogP contribution in [0.3, 0.4) is 0 Å². The van der Waals surface area contributed by atoms with Gasteiger partial charge in [-0.05, 0) is 6.07 Å². The zero-order chi connectivity index (χ0) is 13.1. The van der Waals surface area contributed by atoms with E-state index < -0.39 is 24.0 Å². The van der Waals surface area contributed by atoms with Crippen LogP contribution < -0.4 is 10.9 Å². The van der Waals surface area contributed by atoms with Crippen molar-refractivity contribution >= 4 is 22.6 Å². The number of carboxylic acid groups (broad SMARTS) is 1. The van der Waals surface area contributed by atoms with Crippen LogP contribution in [0.15, 0.2) is 29.1 Å². The number of nitrogens with zero attached hydrogens (tertiary/aromatic N) is 1. The predicted molar refractivity (Wildman–Crippen MR) is 62.3 cm³/mol. The number of hydrogen-bond donors (Lipinski definition) is 3. The van der Waals surface area contributed by atoms with Crippen molar-refractivity contribution in [3.63, 3.8) is 0 Å². The molecule has 0 spiro atoms. The highest BCUT2D eigenvalue weighted by molar-refractivity contribution is 6.05. The minimum absolute atomic E-state index is 0.00792. The number of amides is 1. The quantitative estimate of drug-likeness (QED) is 0.691. The number of carbonyl (C=O) groups is 2. The lowest BCUT2D eigenvalue weighted by Crippen LogP contribution is -2.31. The summed E-state index contributed by atoms with van der Waals surface area (Å²) in [6, 6.07) is 6.46. The normalized spacial score (nSPS) is 10.2. The van der Waals surface area contributed by atoms with Gasteiger partial charge >= 0.3 is 5.97 Å². The second-order valence-corrected chi connectivity index (χ2v) is 3.52. The molecule has 3 N–H and O–H groups in total. The average Bonchev–Trinajstić information content (AvgIpc) is 2.37. The number of carboxylic acids is 1.